The summed E-state index contributed by atoms with van der Waals surface area (Å²) in [4.78, 5) is 0. The predicted octanol–water partition coefficient (Wildman–Crippen LogP) is 2.46. The fourth-order valence-corrected chi connectivity index (χ4v) is 1.17. The second-order valence-electron chi connectivity index (χ2n) is 2.87. The molecule has 1 aromatic rings. The molecule has 5 heteroatoms. The molecule has 0 saturated carbocycles. The van der Waals surface area contributed by atoms with Crippen molar-refractivity contribution < 1.29 is 17.6 Å². The van der Waals surface area contributed by atoms with Crippen molar-refractivity contribution in [1.82, 2.24) is 0 Å². The summed E-state index contributed by atoms with van der Waals surface area (Å²) >= 11 is 0. The highest BCUT2D eigenvalue weighted by atomic mass is 19.1. The Bertz CT molecular complexity index is 304. The van der Waals surface area contributed by atoms with E-state index in [0.29, 0.717) is 12.1 Å². The molecule has 0 radical (unpaired) electrons. The van der Waals surface area contributed by atoms with Crippen LogP contribution in [0.15, 0.2) is 12.1 Å². The Morgan fingerprint density at radius 3 is 2.07 bits per heavy atom. The van der Waals surface area contributed by atoms with E-state index in [0.717, 1.165) is 0 Å². The summed E-state index contributed by atoms with van der Waals surface area (Å²) in [6.07, 6.45) is -0.195. The van der Waals surface area contributed by atoms with Crippen molar-refractivity contribution in [2.75, 3.05) is 6.67 Å². The number of halogens is 4. The van der Waals surface area contributed by atoms with Gasteiger partial charge in [0.05, 0.1) is 6.67 Å². The van der Waals surface area contributed by atoms with Gasteiger partial charge in [0.1, 0.15) is 17.5 Å². The van der Waals surface area contributed by atoms with E-state index in [1.165, 1.54) is 0 Å². The fraction of sp³-hybridized carbons (Fsp3) is 0.333. The van der Waals surface area contributed by atoms with Gasteiger partial charge in [0, 0.05) is 23.7 Å². The van der Waals surface area contributed by atoms with Crippen molar-refractivity contribution in [1.29, 1.82) is 0 Å². The highest BCUT2D eigenvalue weighted by molar-refractivity contribution is 5.23. The molecule has 0 saturated heterocycles. The number of hydrogen-bond acceptors (Lipinski definition) is 1. The molecule has 0 aliphatic rings. The summed E-state index contributed by atoms with van der Waals surface area (Å²) in [5, 5.41) is 0. The highest BCUT2D eigenvalue weighted by Crippen LogP contribution is 2.22. The molecule has 0 unspecified atom stereocenters. The maximum Gasteiger partial charge on any atom is 0.133 e. The van der Waals surface area contributed by atoms with E-state index in [2.05, 4.69) is 0 Å². The van der Waals surface area contributed by atoms with Crippen LogP contribution in [0.5, 0.6) is 0 Å². The molecule has 2 N–H and O–H groups in total. The van der Waals surface area contributed by atoms with Crippen molar-refractivity contribution in [2.45, 2.75) is 12.5 Å². The minimum absolute atomic E-state index is 0.195. The smallest absolute Gasteiger partial charge is 0.133 e. The van der Waals surface area contributed by atoms with E-state index in [1.807, 2.05) is 0 Å². The fourth-order valence-electron chi connectivity index (χ4n) is 1.17. The van der Waals surface area contributed by atoms with Crippen LogP contribution in [-0.4, -0.2) is 6.67 Å². The van der Waals surface area contributed by atoms with Gasteiger partial charge in [-0.25, -0.2) is 13.2 Å². The average Bonchev–Trinajstić information content (AvgIpc) is 2.01. The third kappa shape index (κ3) is 2.23. The van der Waals surface area contributed by atoms with Gasteiger partial charge in [0.2, 0.25) is 0 Å². The molecule has 0 spiro atoms. The first-order chi connectivity index (χ1) is 6.56. The van der Waals surface area contributed by atoms with Crippen LogP contribution in [0.2, 0.25) is 0 Å². The summed E-state index contributed by atoms with van der Waals surface area (Å²) in [6.45, 7) is -0.780. The molecule has 78 valence electrons. The van der Waals surface area contributed by atoms with Crippen LogP contribution in [0.4, 0.5) is 17.6 Å². The van der Waals surface area contributed by atoms with Crippen molar-refractivity contribution >= 4 is 0 Å². The minimum atomic E-state index is -1.08. The van der Waals surface area contributed by atoms with Crippen LogP contribution in [0, 0.1) is 17.5 Å². The van der Waals surface area contributed by atoms with Gasteiger partial charge in [-0.3, -0.25) is 4.39 Å². The summed E-state index contributed by atoms with van der Waals surface area (Å²) in [6, 6.07) is -0.0342. The molecule has 0 aromatic heterocycles. The standard InChI is InChI=1S/C9H9F4N/c10-2-1-8(14)9-6(12)3-5(11)4-7(9)13/h3-4,8H,1-2,14H2/t8-/m1/s1. The van der Waals surface area contributed by atoms with Gasteiger partial charge in [-0.15, -0.1) is 0 Å². The average molecular weight is 207 g/mol. The largest absolute Gasteiger partial charge is 0.324 e. The second-order valence-corrected chi connectivity index (χ2v) is 2.87. The van der Waals surface area contributed by atoms with Crippen LogP contribution < -0.4 is 5.73 Å². The van der Waals surface area contributed by atoms with Crippen molar-refractivity contribution in [3.8, 4) is 0 Å². The summed E-state index contributed by atoms with van der Waals surface area (Å²) < 4.78 is 50.3. The Kier molecular flexibility index (Phi) is 3.46. The lowest BCUT2D eigenvalue weighted by Gasteiger charge is -2.11. The van der Waals surface area contributed by atoms with E-state index in [4.69, 9.17) is 5.73 Å². The van der Waals surface area contributed by atoms with Crippen LogP contribution in [-0.2, 0) is 0 Å². The van der Waals surface area contributed by atoms with Gasteiger partial charge in [-0.05, 0) is 6.42 Å². The third-order valence-corrected chi connectivity index (χ3v) is 1.83. The van der Waals surface area contributed by atoms with Gasteiger partial charge >= 0.3 is 0 Å². The first-order valence-corrected chi connectivity index (χ1v) is 4.02. The monoisotopic (exact) mass is 207 g/mol. The molecule has 1 aromatic carbocycles. The van der Waals surface area contributed by atoms with Crippen LogP contribution in [0.3, 0.4) is 0 Å². The molecular weight excluding hydrogens is 198 g/mol. The van der Waals surface area contributed by atoms with Gasteiger partial charge in [-0.1, -0.05) is 0 Å². The molecule has 0 aliphatic carbocycles. The Morgan fingerprint density at radius 2 is 1.64 bits per heavy atom. The molecule has 0 aliphatic heterocycles. The lowest BCUT2D eigenvalue weighted by atomic mass is 10.0. The van der Waals surface area contributed by atoms with E-state index in [-0.39, 0.29) is 6.42 Å². The number of alkyl halides is 1. The number of hydrogen-bond donors (Lipinski definition) is 1. The zero-order valence-corrected chi connectivity index (χ0v) is 7.24. The zero-order valence-electron chi connectivity index (χ0n) is 7.24. The lowest BCUT2D eigenvalue weighted by Crippen LogP contribution is -2.15. The Balaban J connectivity index is 3.07. The molecule has 0 heterocycles. The van der Waals surface area contributed by atoms with Gasteiger partial charge in [0.15, 0.2) is 0 Å². The van der Waals surface area contributed by atoms with E-state index < -0.39 is 35.7 Å². The minimum Gasteiger partial charge on any atom is -0.324 e. The summed E-state index contributed by atoms with van der Waals surface area (Å²) in [5.41, 5.74) is 4.85. The molecule has 0 bridgehead atoms. The quantitative estimate of drug-likeness (QED) is 0.757. The van der Waals surface area contributed by atoms with E-state index in [1.54, 1.807) is 0 Å². The Labute approximate surface area is 78.5 Å². The van der Waals surface area contributed by atoms with Crippen molar-refractivity contribution in [3.05, 3.63) is 35.1 Å². The molecule has 1 rings (SSSR count). The van der Waals surface area contributed by atoms with Crippen molar-refractivity contribution in [2.24, 2.45) is 5.73 Å². The number of benzene rings is 1. The normalized spacial score (nSPS) is 12.9. The summed E-state index contributed by atoms with van der Waals surface area (Å²) in [7, 11) is 0. The highest BCUT2D eigenvalue weighted by Gasteiger charge is 2.17. The third-order valence-electron chi connectivity index (χ3n) is 1.83. The van der Waals surface area contributed by atoms with Crippen molar-refractivity contribution in [3.63, 3.8) is 0 Å². The molecular formula is C9H9F4N. The molecule has 0 fully saturated rings. The van der Waals surface area contributed by atoms with Gasteiger partial charge in [0.25, 0.3) is 0 Å². The van der Waals surface area contributed by atoms with Gasteiger partial charge < -0.3 is 5.73 Å². The maximum atomic E-state index is 13.0. The first-order valence-electron chi connectivity index (χ1n) is 4.02. The van der Waals surface area contributed by atoms with Crippen LogP contribution >= 0.6 is 0 Å². The van der Waals surface area contributed by atoms with Crippen LogP contribution in [0.1, 0.15) is 18.0 Å². The lowest BCUT2D eigenvalue weighted by molar-refractivity contribution is 0.423. The Morgan fingerprint density at radius 1 is 1.14 bits per heavy atom. The van der Waals surface area contributed by atoms with Crippen LogP contribution in [0.25, 0.3) is 0 Å². The topological polar surface area (TPSA) is 26.0 Å². The molecule has 1 nitrogen and oxygen atoms in total. The SMILES string of the molecule is N[C@H](CCF)c1c(F)cc(F)cc1F. The summed E-state index contributed by atoms with van der Waals surface area (Å²) in [5.74, 6) is -3.18. The number of rotatable bonds is 3. The zero-order chi connectivity index (χ0) is 10.7. The molecule has 1 atom stereocenters. The molecule has 14 heavy (non-hydrogen) atoms. The number of nitrogens with two attached hydrogens (primary N) is 1. The first kappa shape index (κ1) is 11.0. The van der Waals surface area contributed by atoms with Gasteiger partial charge in [-0.2, -0.15) is 0 Å². The Hall–Kier alpha value is -1.10. The molecule has 0 amide bonds. The van der Waals surface area contributed by atoms with E-state index in [9.17, 15) is 17.6 Å². The predicted molar refractivity (Wildman–Crippen MR) is 43.8 cm³/mol. The maximum absolute atomic E-state index is 13.0. The van der Waals surface area contributed by atoms with E-state index >= 15 is 0 Å². The second kappa shape index (κ2) is 4.41.